The minimum absolute atomic E-state index is 0.0488. The van der Waals surface area contributed by atoms with E-state index in [1.807, 2.05) is 12.1 Å². The van der Waals surface area contributed by atoms with E-state index < -0.39 is 11.6 Å². The molecule has 0 saturated carbocycles. The first-order valence-electron chi connectivity index (χ1n) is 11.3. The molecule has 1 saturated heterocycles. The van der Waals surface area contributed by atoms with Crippen LogP contribution in [0.25, 0.3) is 16.9 Å². The summed E-state index contributed by atoms with van der Waals surface area (Å²) in [6, 6.07) is 6.57. The van der Waals surface area contributed by atoms with Gasteiger partial charge in [-0.3, -0.25) is 4.57 Å². The lowest BCUT2D eigenvalue weighted by Gasteiger charge is -2.28. The number of benzene rings is 1. The SMILES string of the molecule is CN1CCC(c2ccc(Nc3ncc(F)c(-c4cc(F)c5c(c4)-n4cncc4CO5)n3)nn2)CC1. The van der Waals surface area contributed by atoms with Gasteiger partial charge in [-0.1, -0.05) is 0 Å². The quantitative estimate of drug-likeness (QED) is 0.475. The van der Waals surface area contributed by atoms with E-state index in [4.69, 9.17) is 4.74 Å². The molecule has 0 radical (unpaired) electrons. The van der Waals surface area contributed by atoms with E-state index >= 15 is 0 Å². The third-order valence-corrected chi connectivity index (χ3v) is 6.44. The fourth-order valence-corrected chi connectivity index (χ4v) is 4.51. The fourth-order valence-electron chi connectivity index (χ4n) is 4.51. The number of anilines is 2. The maximum absolute atomic E-state index is 14.8. The van der Waals surface area contributed by atoms with Crippen LogP contribution in [0.15, 0.2) is 43.0 Å². The number of ether oxygens (including phenoxy) is 1. The average molecular weight is 476 g/mol. The molecule has 0 unspecified atom stereocenters. The molecule has 0 amide bonds. The Morgan fingerprint density at radius 1 is 1.06 bits per heavy atom. The number of aromatic nitrogens is 6. The Morgan fingerprint density at radius 3 is 2.71 bits per heavy atom. The van der Waals surface area contributed by atoms with Gasteiger partial charge in [0, 0.05) is 11.5 Å². The van der Waals surface area contributed by atoms with Gasteiger partial charge in [-0.15, -0.1) is 5.10 Å². The van der Waals surface area contributed by atoms with Gasteiger partial charge in [0.2, 0.25) is 5.95 Å². The summed E-state index contributed by atoms with van der Waals surface area (Å²) in [5, 5.41) is 11.6. The summed E-state index contributed by atoms with van der Waals surface area (Å²) < 4.78 is 36.8. The highest BCUT2D eigenvalue weighted by molar-refractivity contribution is 5.68. The van der Waals surface area contributed by atoms with E-state index in [9.17, 15) is 8.78 Å². The van der Waals surface area contributed by atoms with Gasteiger partial charge in [0.15, 0.2) is 23.2 Å². The van der Waals surface area contributed by atoms with Gasteiger partial charge in [-0.05, 0) is 57.2 Å². The summed E-state index contributed by atoms with van der Waals surface area (Å²) >= 11 is 0. The standard InChI is InChI=1S/C24H22F2N8O/c1-33-6-4-14(5-7-33)19-2-3-21(32-31-19)29-24-28-11-18(26)22(30-24)15-8-17(25)23-20(9-15)34-13-27-10-16(34)12-35-23/h2-3,8-11,13-14H,4-7,12H2,1H3,(H,28,29,30,32). The maximum atomic E-state index is 14.8. The van der Waals surface area contributed by atoms with E-state index in [2.05, 4.69) is 42.4 Å². The van der Waals surface area contributed by atoms with Gasteiger partial charge in [0.25, 0.3) is 0 Å². The van der Waals surface area contributed by atoms with Crippen LogP contribution in [0, 0.1) is 11.6 Å². The first-order chi connectivity index (χ1) is 17.0. The molecule has 0 aliphatic carbocycles. The van der Waals surface area contributed by atoms with Crippen LogP contribution in [0.2, 0.25) is 0 Å². The van der Waals surface area contributed by atoms with Gasteiger partial charge in [0.05, 0.1) is 35.8 Å². The molecule has 5 heterocycles. The van der Waals surface area contributed by atoms with Crippen molar-refractivity contribution in [3.63, 3.8) is 0 Å². The van der Waals surface area contributed by atoms with Crippen LogP contribution in [-0.4, -0.2) is 54.8 Å². The Labute approximate surface area is 199 Å². The van der Waals surface area contributed by atoms with E-state index in [0.717, 1.165) is 43.5 Å². The molecule has 9 nitrogen and oxygen atoms in total. The molecule has 4 aromatic rings. The molecular formula is C24H22F2N8O. The topological polar surface area (TPSA) is 93.9 Å². The Balaban J connectivity index is 1.27. The van der Waals surface area contributed by atoms with Crippen molar-refractivity contribution in [2.45, 2.75) is 25.4 Å². The summed E-state index contributed by atoms with van der Waals surface area (Å²) in [7, 11) is 2.12. The molecule has 178 valence electrons. The second-order valence-corrected chi connectivity index (χ2v) is 8.79. The van der Waals surface area contributed by atoms with Gasteiger partial charge in [-0.2, -0.15) is 5.10 Å². The molecule has 35 heavy (non-hydrogen) atoms. The number of nitrogens with zero attached hydrogens (tertiary/aromatic N) is 7. The lowest BCUT2D eigenvalue weighted by molar-refractivity contribution is 0.253. The molecule has 0 bridgehead atoms. The minimum Gasteiger partial charge on any atom is -0.482 e. The predicted molar refractivity (Wildman–Crippen MR) is 124 cm³/mol. The predicted octanol–water partition coefficient (Wildman–Crippen LogP) is 3.84. The lowest BCUT2D eigenvalue weighted by Crippen LogP contribution is -2.29. The van der Waals surface area contributed by atoms with Crippen LogP contribution in [-0.2, 0) is 6.61 Å². The molecule has 0 spiro atoms. The zero-order valence-electron chi connectivity index (χ0n) is 18.9. The van der Waals surface area contributed by atoms with Crippen molar-refractivity contribution in [2.75, 3.05) is 25.5 Å². The van der Waals surface area contributed by atoms with Crippen molar-refractivity contribution in [2.24, 2.45) is 0 Å². The molecule has 3 aromatic heterocycles. The van der Waals surface area contributed by atoms with Crippen LogP contribution >= 0.6 is 0 Å². The molecule has 6 rings (SSSR count). The minimum atomic E-state index is -0.679. The summed E-state index contributed by atoms with van der Waals surface area (Å²) in [6.07, 6.45) is 6.34. The maximum Gasteiger partial charge on any atom is 0.229 e. The molecule has 2 aliphatic rings. The average Bonchev–Trinajstić information content (AvgIpc) is 3.36. The van der Waals surface area contributed by atoms with Gasteiger partial charge >= 0.3 is 0 Å². The molecule has 2 aliphatic heterocycles. The van der Waals surface area contributed by atoms with Crippen LogP contribution in [0.4, 0.5) is 20.5 Å². The third kappa shape index (κ3) is 4.08. The summed E-state index contributed by atoms with van der Waals surface area (Å²) in [5.74, 6) is -0.249. The van der Waals surface area contributed by atoms with Crippen molar-refractivity contribution in [1.82, 2.24) is 34.6 Å². The van der Waals surface area contributed by atoms with E-state index in [1.54, 1.807) is 23.2 Å². The first-order valence-corrected chi connectivity index (χ1v) is 11.3. The molecule has 0 atom stereocenters. The van der Waals surface area contributed by atoms with Crippen LogP contribution < -0.4 is 10.1 Å². The van der Waals surface area contributed by atoms with Crippen LogP contribution in [0.1, 0.15) is 30.1 Å². The van der Waals surface area contributed by atoms with Gasteiger partial charge in [-0.25, -0.2) is 23.7 Å². The number of imidazole rings is 1. The number of hydrogen-bond acceptors (Lipinski definition) is 8. The first kappa shape index (κ1) is 21.5. The largest absolute Gasteiger partial charge is 0.482 e. The molecule has 1 N–H and O–H groups in total. The van der Waals surface area contributed by atoms with Crippen molar-refractivity contribution in [3.05, 3.63) is 66.0 Å². The monoisotopic (exact) mass is 476 g/mol. The number of piperidine rings is 1. The molecule has 1 fully saturated rings. The second kappa shape index (κ2) is 8.66. The Kier molecular flexibility index (Phi) is 5.33. The van der Waals surface area contributed by atoms with E-state index in [-0.39, 0.29) is 29.6 Å². The molecular weight excluding hydrogens is 454 g/mol. The third-order valence-electron chi connectivity index (χ3n) is 6.44. The Bertz CT molecular complexity index is 1380. The molecule has 11 heteroatoms. The van der Waals surface area contributed by atoms with Crippen molar-refractivity contribution in [3.8, 4) is 22.7 Å². The van der Waals surface area contributed by atoms with Crippen molar-refractivity contribution < 1.29 is 13.5 Å². The summed E-state index contributed by atoms with van der Waals surface area (Å²) in [6.45, 7) is 2.28. The highest BCUT2D eigenvalue weighted by atomic mass is 19.1. The number of fused-ring (bicyclic) bond motifs is 3. The number of rotatable bonds is 4. The van der Waals surface area contributed by atoms with E-state index in [0.29, 0.717) is 17.4 Å². The molecule has 1 aromatic carbocycles. The number of nitrogens with one attached hydrogen (secondary N) is 1. The number of hydrogen-bond donors (Lipinski definition) is 1. The van der Waals surface area contributed by atoms with Gasteiger partial charge < -0.3 is 15.0 Å². The van der Waals surface area contributed by atoms with Gasteiger partial charge in [0.1, 0.15) is 12.3 Å². The summed E-state index contributed by atoms with van der Waals surface area (Å²) in [5.41, 5.74) is 2.35. The Morgan fingerprint density at radius 2 is 1.91 bits per heavy atom. The number of halogens is 2. The summed E-state index contributed by atoms with van der Waals surface area (Å²) in [4.78, 5) is 14.7. The van der Waals surface area contributed by atoms with Crippen LogP contribution in [0.3, 0.4) is 0 Å². The normalized spacial score (nSPS) is 15.9. The van der Waals surface area contributed by atoms with E-state index in [1.165, 1.54) is 6.07 Å². The van der Waals surface area contributed by atoms with Crippen LogP contribution in [0.5, 0.6) is 5.75 Å². The Hall–Kier alpha value is -3.99. The zero-order chi connectivity index (χ0) is 23.9. The zero-order valence-corrected chi connectivity index (χ0v) is 18.9. The van der Waals surface area contributed by atoms with Crippen molar-refractivity contribution in [1.29, 1.82) is 0 Å². The highest BCUT2D eigenvalue weighted by Gasteiger charge is 2.24. The van der Waals surface area contributed by atoms with Crippen molar-refractivity contribution >= 4 is 11.8 Å². The highest BCUT2D eigenvalue weighted by Crippen LogP contribution is 2.36. The lowest BCUT2D eigenvalue weighted by atomic mass is 9.94. The second-order valence-electron chi connectivity index (χ2n) is 8.79. The smallest absolute Gasteiger partial charge is 0.229 e. The fraction of sp³-hybridized carbons (Fsp3) is 0.292. The number of likely N-dealkylation sites (tertiary alicyclic amines) is 1.